The largest absolute Gasteiger partial charge is 0.298 e. The minimum atomic E-state index is 0.579. The van der Waals surface area contributed by atoms with Gasteiger partial charge >= 0.3 is 0 Å². The third-order valence-electron chi connectivity index (χ3n) is 5.26. The van der Waals surface area contributed by atoms with Crippen LogP contribution in [0, 0.1) is 18.8 Å². The average molecular weight is 338 g/mol. The van der Waals surface area contributed by atoms with Crippen molar-refractivity contribution in [3.8, 4) is 0 Å². The van der Waals surface area contributed by atoms with E-state index in [0.717, 1.165) is 37.6 Å². The zero-order valence-electron chi connectivity index (χ0n) is 15.9. The van der Waals surface area contributed by atoms with Crippen LogP contribution in [0.5, 0.6) is 0 Å². The number of likely N-dealkylation sites (tertiary alicyclic amines) is 1. The third-order valence-corrected chi connectivity index (χ3v) is 5.26. The van der Waals surface area contributed by atoms with Gasteiger partial charge in [-0.05, 0) is 31.4 Å². The van der Waals surface area contributed by atoms with Gasteiger partial charge in [0.1, 0.15) is 0 Å². The molecule has 134 valence electrons. The van der Waals surface area contributed by atoms with E-state index in [9.17, 15) is 0 Å². The topological polar surface area (TPSA) is 32.3 Å². The molecule has 1 fully saturated rings. The summed E-state index contributed by atoms with van der Waals surface area (Å²) in [7, 11) is 2.23. The van der Waals surface area contributed by atoms with Crippen LogP contribution in [0.1, 0.15) is 30.8 Å². The fourth-order valence-electron chi connectivity index (χ4n) is 4.37. The summed E-state index contributed by atoms with van der Waals surface area (Å²) in [6, 6.07) is 11.4. The van der Waals surface area contributed by atoms with Gasteiger partial charge in [0, 0.05) is 44.6 Å². The molecule has 1 aliphatic heterocycles. The van der Waals surface area contributed by atoms with Crippen LogP contribution < -0.4 is 0 Å². The average Bonchev–Trinajstić information content (AvgIpc) is 2.57. The van der Waals surface area contributed by atoms with Crippen molar-refractivity contribution in [1.82, 2.24) is 19.8 Å². The summed E-state index contributed by atoms with van der Waals surface area (Å²) >= 11 is 0. The Morgan fingerprint density at radius 2 is 1.72 bits per heavy atom. The van der Waals surface area contributed by atoms with Crippen molar-refractivity contribution in [3.05, 3.63) is 59.7 Å². The number of nitrogens with zero attached hydrogens (tertiary/aromatic N) is 4. The van der Waals surface area contributed by atoms with E-state index in [0.29, 0.717) is 17.9 Å². The normalized spacial score (nSPS) is 24.6. The van der Waals surface area contributed by atoms with Gasteiger partial charge in [0.15, 0.2) is 0 Å². The Morgan fingerprint density at radius 1 is 1.04 bits per heavy atom. The van der Waals surface area contributed by atoms with Gasteiger partial charge < -0.3 is 0 Å². The van der Waals surface area contributed by atoms with Crippen LogP contribution in [0.4, 0.5) is 0 Å². The fourth-order valence-corrected chi connectivity index (χ4v) is 4.37. The molecule has 1 saturated heterocycles. The first-order valence-electron chi connectivity index (χ1n) is 9.27. The van der Waals surface area contributed by atoms with Crippen LogP contribution in [0.2, 0.25) is 0 Å². The van der Waals surface area contributed by atoms with E-state index in [-0.39, 0.29) is 0 Å². The number of piperidine rings is 1. The molecule has 25 heavy (non-hydrogen) atoms. The van der Waals surface area contributed by atoms with Gasteiger partial charge in [-0.3, -0.25) is 19.8 Å². The van der Waals surface area contributed by atoms with Crippen molar-refractivity contribution in [2.75, 3.05) is 20.1 Å². The predicted molar refractivity (Wildman–Crippen MR) is 102 cm³/mol. The summed E-state index contributed by atoms with van der Waals surface area (Å²) in [5.41, 5.74) is 3.44. The van der Waals surface area contributed by atoms with Crippen molar-refractivity contribution < 1.29 is 0 Å². The molecule has 1 aromatic heterocycles. The van der Waals surface area contributed by atoms with Gasteiger partial charge in [0.25, 0.3) is 0 Å². The summed E-state index contributed by atoms with van der Waals surface area (Å²) in [6.45, 7) is 11.0. The van der Waals surface area contributed by atoms with Crippen molar-refractivity contribution in [3.63, 3.8) is 0 Å². The van der Waals surface area contributed by atoms with Crippen LogP contribution >= 0.6 is 0 Å². The summed E-state index contributed by atoms with van der Waals surface area (Å²) < 4.78 is 0. The molecule has 0 spiro atoms. The minimum Gasteiger partial charge on any atom is -0.298 e. The molecule has 3 atom stereocenters. The molecule has 4 nitrogen and oxygen atoms in total. The smallest absolute Gasteiger partial charge is 0.0727 e. The number of aromatic nitrogens is 2. The highest BCUT2D eigenvalue weighted by molar-refractivity contribution is 5.14. The van der Waals surface area contributed by atoms with Gasteiger partial charge in [-0.1, -0.05) is 44.2 Å². The highest BCUT2D eigenvalue weighted by atomic mass is 15.2. The monoisotopic (exact) mass is 338 g/mol. The number of hydrogen-bond acceptors (Lipinski definition) is 4. The fraction of sp³-hybridized carbons (Fsp3) is 0.524. The Hall–Kier alpha value is -1.78. The van der Waals surface area contributed by atoms with E-state index in [4.69, 9.17) is 0 Å². The van der Waals surface area contributed by atoms with E-state index in [1.165, 1.54) is 5.56 Å². The number of rotatable bonds is 5. The van der Waals surface area contributed by atoms with Gasteiger partial charge in [0.05, 0.1) is 11.4 Å². The van der Waals surface area contributed by atoms with Gasteiger partial charge in [-0.15, -0.1) is 0 Å². The molecule has 4 heteroatoms. The Bertz CT molecular complexity index is 643. The van der Waals surface area contributed by atoms with E-state index in [1.807, 2.05) is 19.3 Å². The molecular weight excluding hydrogens is 308 g/mol. The van der Waals surface area contributed by atoms with Crippen LogP contribution in [-0.2, 0) is 13.1 Å². The molecule has 2 aromatic rings. The SMILES string of the molecule is Cc1cnc(CN(C)C2[C@H](C)CN(Cc3ccccc3)C[C@@H]2C)cn1. The summed E-state index contributed by atoms with van der Waals surface area (Å²) in [5, 5.41) is 0. The molecule has 0 N–H and O–H groups in total. The Kier molecular flexibility index (Phi) is 5.82. The molecule has 0 saturated carbocycles. The Labute approximate surface area is 151 Å². The van der Waals surface area contributed by atoms with E-state index in [1.54, 1.807) is 0 Å². The van der Waals surface area contributed by atoms with Crippen LogP contribution in [0.15, 0.2) is 42.7 Å². The first-order chi connectivity index (χ1) is 12.0. The van der Waals surface area contributed by atoms with Crippen molar-refractivity contribution in [1.29, 1.82) is 0 Å². The molecule has 0 amide bonds. The second-order valence-electron chi connectivity index (χ2n) is 7.69. The molecule has 0 bridgehead atoms. The van der Waals surface area contributed by atoms with Gasteiger partial charge in [-0.2, -0.15) is 0 Å². The highest BCUT2D eigenvalue weighted by Crippen LogP contribution is 2.28. The molecule has 1 aliphatic rings. The second kappa shape index (κ2) is 8.07. The minimum absolute atomic E-state index is 0.579. The molecule has 1 unspecified atom stereocenters. The number of aryl methyl sites for hydroxylation is 1. The maximum absolute atomic E-state index is 4.52. The lowest BCUT2D eigenvalue weighted by Crippen LogP contribution is -2.53. The zero-order chi connectivity index (χ0) is 17.8. The summed E-state index contributed by atoms with van der Waals surface area (Å²) in [4.78, 5) is 14.0. The first kappa shape index (κ1) is 18.0. The highest BCUT2D eigenvalue weighted by Gasteiger charge is 2.34. The van der Waals surface area contributed by atoms with E-state index >= 15 is 0 Å². The lowest BCUT2D eigenvalue weighted by atomic mass is 9.84. The maximum Gasteiger partial charge on any atom is 0.0727 e. The zero-order valence-corrected chi connectivity index (χ0v) is 15.9. The molecule has 3 rings (SSSR count). The standard InChI is InChI=1S/C21H30N4/c1-16-12-25(14-19-8-6-5-7-9-19)13-17(2)21(16)24(4)15-20-11-22-18(3)10-23-20/h5-11,16-17,21H,12-15H2,1-4H3/t16-,17+,21?. The lowest BCUT2D eigenvalue weighted by molar-refractivity contribution is 0.0285. The Morgan fingerprint density at radius 3 is 2.32 bits per heavy atom. The number of benzene rings is 1. The number of hydrogen-bond donors (Lipinski definition) is 0. The molecule has 0 aliphatic carbocycles. The van der Waals surface area contributed by atoms with E-state index in [2.05, 4.69) is 71.0 Å². The van der Waals surface area contributed by atoms with Crippen molar-refractivity contribution >= 4 is 0 Å². The second-order valence-corrected chi connectivity index (χ2v) is 7.69. The Balaban J connectivity index is 1.60. The molecule has 0 radical (unpaired) electrons. The van der Waals surface area contributed by atoms with Crippen LogP contribution in [0.3, 0.4) is 0 Å². The first-order valence-corrected chi connectivity index (χ1v) is 9.27. The molecular formula is C21H30N4. The molecule has 1 aromatic carbocycles. The van der Waals surface area contributed by atoms with Crippen molar-refractivity contribution in [2.45, 2.75) is 39.9 Å². The summed E-state index contributed by atoms with van der Waals surface area (Å²) in [6.07, 6.45) is 3.77. The van der Waals surface area contributed by atoms with E-state index < -0.39 is 0 Å². The van der Waals surface area contributed by atoms with Crippen molar-refractivity contribution in [2.24, 2.45) is 11.8 Å². The van der Waals surface area contributed by atoms with Gasteiger partial charge in [-0.25, -0.2) is 0 Å². The van der Waals surface area contributed by atoms with Crippen LogP contribution in [0.25, 0.3) is 0 Å². The molecule has 2 heterocycles. The maximum atomic E-state index is 4.52. The quantitative estimate of drug-likeness (QED) is 0.837. The predicted octanol–water partition coefficient (Wildman–Crippen LogP) is 3.37. The third kappa shape index (κ3) is 4.65. The lowest BCUT2D eigenvalue weighted by Gasteiger charge is -2.45. The van der Waals surface area contributed by atoms with Gasteiger partial charge in [0.2, 0.25) is 0 Å². The van der Waals surface area contributed by atoms with Crippen LogP contribution in [-0.4, -0.2) is 45.9 Å². The summed E-state index contributed by atoms with van der Waals surface area (Å²) in [5.74, 6) is 1.27.